The van der Waals surface area contributed by atoms with Crippen LogP contribution in [0.25, 0.3) is 5.76 Å². The topological polar surface area (TPSA) is 93.6 Å². The van der Waals surface area contributed by atoms with Crippen molar-refractivity contribution in [3.8, 4) is 0 Å². The number of pyridine rings is 1. The molecule has 2 saturated carbocycles. The molecule has 1 N–H and O–H groups in total. The van der Waals surface area contributed by atoms with E-state index in [0.29, 0.717) is 25.3 Å². The van der Waals surface area contributed by atoms with Gasteiger partial charge < -0.3 is 9.84 Å². The number of nitrogens with zero attached hydrogens (tertiary/aromatic N) is 1. The van der Waals surface area contributed by atoms with Gasteiger partial charge in [-0.1, -0.05) is 0 Å². The average Bonchev–Trinajstić information content (AvgIpc) is 3.10. The lowest BCUT2D eigenvalue weighted by Gasteiger charge is -2.21. The Kier molecular flexibility index (Phi) is 6.23. The normalized spacial score (nSPS) is 22.8. The molecule has 0 aromatic carbocycles. The lowest BCUT2D eigenvalue weighted by molar-refractivity contribution is -0.141. The van der Waals surface area contributed by atoms with E-state index in [0.717, 1.165) is 6.07 Å². The van der Waals surface area contributed by atoms with Crippen molar-refractivity contribution in [1.29, 1.82) is 0 Å². The largest absolute Gasteiger partial charge is 0.506 e. The van der Waals surface area contributed by atoms with E-state index in [1.165, 1.54) is 6.26 Å². The molecule has 2 bridgehead atoms. The molecule has 1 aromatic heterocycles. The lowest BCUT2D eigenvalue weighted by atomic mass is 9.81. The Hall–Kier alpha value is -2.07. The van der Waals surface area contributed by atoms with E-state index in [9.17, 15) is 32.1 Å². The highest BCUT2D eigenvalue weighted by atomic mass is 32.2. The molecule has 2 fully saturated rings. The van der Waals surface area contributed by atoms with Crippen LogP contribution in [0.5, 0.6) is 0 Å². The van der Waals surface area contributed by atoms with Crippen LogP contribution in [-0.2, 0) is 37.9 Å². The molecule has 29 heavy (non-hydrogen) atoms. The first-order valence-electron chi connectivity index (χ1n) is 9.06. The first kappa shape index (κ1) is 21.6. The van der Waals surface area contributed by atoms with E-state index in [2.05, 4.69) is 4.98 Å². The minimum Gasteiger partial charge on any atom is -0.506 e. The smallest absolute Gasteiger partial charge is 0.433 e. The molecule has 158 valence electrons. The van der Waals surface area contributed by atoms with Crippen LogP contribution in [0.4, 0.5) is 13.2 Å². The fourth-order valence-corrected chi connectivity index (χ4v) is 4.04. The predicted molar refractivity (Wildman–Crippen MR) is 98.2 cm³/mol. The second-order valence-electron chi connectivity index (χ2n) is 7.18. The van der Waals surface area contributed by atoms with Gasteiger partial charge in [0, 0.05) is 40.2 Å². The Bertz CT molecular complexity index is 872. The third-order valence-corrected chi connectivity index (χ3v) is 5.92. The molecule has 3 rings (SSSR count). The van der Waals surface area contributed by atoms with Gasteiger partial charge in [-0.3, -0.25) is 13.8 Å². The van der Waals surface area contributed by atoms with Crippen molar-refractivity contribution in [2.75, 3.05) is 18.6 Å². The van der Waals surface area contributed by atoms with Gasteiger partial charge in [0.15, 0.2) is 11.6 Å². The number of alkyl halides is 3. The molecule has 1 aromatic rings. The number of fused-ring (bicyclic) bond motifs is 2. The number of aromatic nitrogens is 1. The number of hydrogen-bond donors (Lipinski definition) is 1. The summed E-state index contributed by atoms with van der Waals surface area (Å²) in [5.41, 5.74) is -1.93. The maximum atomic E-state index is 13.1. The SMILES string of the molecule is CS(=O)CCOCc1nc(C(F)(F)F)ccc1C(O)=C1C(=O)C2CCC(C2)C1=O. The van der Waals surface area contributed by atoms with Crippen LogP contribution >= 0.6 is 0 Å². The summed E-state index contributed by atoms with van der Waals surface area (Å²) in [6, 6.07) is 1.68. The highest BCUT2D eigenvalue weighted by Gasteiger charge is 2.45. The third kappa shape index (κ3) is 4.58. The lowest BCUT2D eigenvalue weighted by Crippen LogP contribution is -2.30. The summed E-state index contributed by atoms with van der Waals surface area (Å²) >= 11 is 0. The van der Waals surface area contributed by atoms with E-state index >= 15 is 0 Å². The summed E-state index contributed by atoms with van der Waals surface area (Å²) < 4.78 is 55.5. The van der Waals surface area contributed by atoms with Gasteiger partial charge in [-0.05, 0) is 31.4 Å². The number of halogens is 3. The summed E-state index contributed by atoms with van der Waals surface area (Å²) in [6.07, 6.45) is -1.69. The molecule has 2 aliphatic rings. The van der Waals surface area contributed by atoms with Gasteiger partial charge in [0.1, 0.15) is 17.0 Å². The molecule has 1 heterocycles. The summed E-state index contributed by atoms with van der Waals surface area (Å²) in [6.45, 7) is -0.386. The van der Waals surface area contributed by atoms with Crippen molar-refractivity contribution in [3.05, 3.63) is 34.7 Å². The molecule has 2 aliphatic carbocycles. The third-order valence-electron chi connectivity index (χ3n) is 5.18. The van der Waals surface area contributed by atoms with Gasteiger partial charge in [-0.15, -0.1) is 0 Å². The number of aliphatic hydroxyl groups is 1. The summed E-state index contributed by atoms with van der Waals surface area (Å²) in [5.74, 6) is -2.13. The number of ketones is 2. The molecular weight excluding hydrogens is 411 g/mol. The predicted octanol–water partition coefficient (Wildman–Crippen LogP) is 2.83. The molecule has 0 radical (unpaired) electrons. The van der Waals surface area contributed by atoms with Crippen molar-refractivity contribution >= 4 is 28.1 Å². The first-order valence-corrected chi connectivity index (χ1v) is 10.8. The van der Waals surface area contributed by atoms with Crippen LogP contribution < -0.4 is 0 Å². The van der Waals surface area contributed by atoms with Crippen LogP contribution in [0, 0.1) is 11.8 Å². The van der Waals surface area contributed by atoms with Crippen molar-refractivity contribution in [2.24, 2.45) is 11.8 Å². The second kappa shape index (κ2) is 8.35. The molecule has 3 unspecified atom stereocenters. The number of carbonyl (C=O) groups is 2. The van der Waals surface area contributed by atoms with Crippen molar-refractivity contribution in [2.45, 2.75) is 32.0 Å². The Balaban J connectivity index is 1.99. The molecule has 6 nitrogen and oxygen atoms in total. The monoisotopic (exact) mass is 431 g/mol. The Labute approximate surface area is 167 Å². The summed E-state index contributed by atoms with van der Waals surface area (Å²) in [5, 5.41) is 10.7. The minimum atomic E-state index is -4.71. The van der Waals surface area contributed by atoms with Crippen molar-refractivity contribution < 1.29 is 36.8 Å². The van der Waals surface area contributed by atoms with Gasteiger partial charge in [0.25, 0.3) is 0 Å². The van der Waals surface area contributed by atoms with Crippen molar-refractivity contribution in [3.63, 3.8) is 0 Å². The van der Waals surface area contributed by atoms with E-state index < -0.39 is 46.6 Å². The van der Waals surface area contributed by atoms with Gasteiger partial charge in [-0.2, -0.15) is 13.2 Å². The molecule has 10 heteroatoms. The Morgan fingerprint density at radius 3 is 2.41 bits per heavy atom. The van der Waals surface area contributed by atoms with Gasteiger partial charge in [-0.25, -0.2) is 4.98 Å². The van der Waals surface area contributed by atoms with Crippen LogP contribution in [0.15, 0.2) is 17.7 Å². The first-order chi connectivity index (χ1) is 13.6. The van der Waals surface area contributed by atoms with Gasteiger partial charge >= 0.3 is 6.18 Å². The number of carbonyl (C=O) groups excluding carboxylic acids is 2. The van der Waals surface area contributed by atoms with Gasteiger partial charge in [0.05, 0.1) is 18.9 Å². The fraction of sp³-hybridized carbons (Fsp3) is 0.526. The number of allylic oxidation sites excluding steroid dienone is 1. The molecular formula is C19H20F3NO5S. The molecule has 0 aliphatic heterocycles. The van der Waals surface area contributed by atoms with Gasteiger partial charge in [0.2, 0.25) is 0 Å². The standard InChI is InChI=1S/C19H20F3NO5S/c1-29(27)7-6-28-9-13-12(4-5-14(23-13)19(20,21)22)18(26)15-16(24)10-2-3-11(8-10)17(15)25/h4-5,10-11,26H,2-3,6-9H2,1H3. The Morgan fingerprint density at radius 1 is 1.24 bits per heavy atom. The molecule has 0 saturated heterocycles. The number of aliphatic hydroxyl groups excluding tert-OH is 1. The number of ether oxygens (including phenoxy) is 1. The van der Waals surface area contributed by atoms with E-state index in [4.69, 9.17) is 4.74 Å². The summed E-state index contributed by atoms with van der Waals surface area (Å²) in [4.78, 5) is 28.7. The molecule has 3 atom stereocenters. The zero-order valence-corrected chi connectivity index (χ0v) is 16.4. The van der Waals surface area contributed by atoms with Crippen LogP contribution in [-0.4, -0.2) is 44.5 Å². The Morgan fingerprint density at radius 2 is 1.86 bits per heavy atom. The number of hydrogen-bond acceptors (Lipinski definition) is 6. The van der Waals surface area contributed by atoms with Crippen LogP contribution in [0.3, 0.4) is 0 Å². The zero-order valence-electron chi connectivity index (χ0n) is 15.6. The number of rotatable bonds is 6. The molecule has 0 spiro atoms. The van der Waals surface area contributed by atoms with E-state index in [-0.39, 0.29) is 41.0 Å². The maximum Gasteiger partial charge on any atom is 0.433 e. The average molecular weight is 431 g/mol. The minimum absolute atomic E-state index is 0.0137. The fourth-order valence-electron chi connectivity index (χ4n) is 3.69. The maximum absolute atomic E-state index is 13.1. The van der Waals surface area contributed by atoms with Crippen LogP contribution in [0.2, 0.25) is 0 Å². The van der Waals surface area contributed by atoms with E-state index in [1.807, 2.05) is 0 Å². The quantitative estimate of drug-likeness (QED) is 0.322. The van der Waals surface area contributed by atoms with E-state index in [1.54, 1.807) is 0 Å². The summed E-state index contributed by atoms with van der Waals surface area (Å²) in [7, 11) is -1.14. The highest BCUT2D eigenvalue weighted by Crippen LogP contribution is 2.42. The molecule has 0 amide bonds. The second-order valence-corrected chi connectivity index (χ2v) is 8.73. The zero-order chi connectivity index (χ0) is 21.3. The highest BCUT2D eigenvalue weighted by molar-refractivity contribution is 7.84. The number of Topliss-reactive ketones (excluding diaryl/α,β-unsaturated/α-hetero) is 2. The van der Waals surface area contributed by atoms with Crippen LogP contribution in [0.1, 0.15) is 36.2 Å². The van der Waals surface area contributed by atoms with Crippen molar-refractivity contribution in [1.82, 2.24) is 4.98 Å².